The number of aromatic nitrogens is 3. The smallest absolute Gasteiger partial charge is 0.275 e. The van der Waals surface area contributed by atoms with Gasteiger partial charge in [0.05, 0.1) is 5.69 Å². The molecule has 2 aliphatic heterocycles. The minimum atomic E-state index is -0.419. The summed E-state index contributed by atoms with van der Waals surface area (Å²) in [5.41, 5.74) is 0.178. The van der Waals surface area contributed by atoms with Crippen LogP contribution in [-0.4, -0.2) is 55.0 Å². The summed E-state index contributed by atoms with van der Waals surface area (Å²) in [4.78, 5) is 35.4. The number of hydrogen-bond acceptors (Lipinski definition) is 6. The minimum absolute atomic E-state index is 0.141. The molecule has 4 heterocycles. The molecule has 146 valence electrons. The molecule has 1 unspecified atom stereocenters. The number of piperidine rings is 1. The number of rotatable bonds is 4. The van der Waals surface area contributed by atoms with Gasteiger partial charge in [0.15, 0.2) is 0 Å². The summed E-state index contributed by atoms with van der Waals surface area (Å²) in [6.07, 6.45) is 4.63. The van der Waals surface area contributed by atoms with E-state index in [-0.39, 0.29) is 17.5 Å². The highest BCUT2D eigenvalue weighted by Gasteiger charge is 2.51. The second kappa shape index (κ2) is 6.98. The van der Waals surface area contributed by atoms with Crippen LogP contribution >= 0.6 is 11.3 Å². The largest absolute Gasteiger partial charge is 0.339 e. The van der Waals surface area contributed by atoms with Gasteiger partial charge < -0.3 is 4.90 Å². The molecule has 2 aliphatic rings. The Morgan fingerprint density at radius 2 is 1.96 bits per heavy atom. The van der Waals surface area contributed by atoms with Crippen molar-refractivity contribution in [1.82, 2.24) is 24.4 Å². The van der Waals surface area contributed by atoms with E-state index in [1.54, 1.807) is 6.07 Å². The fourth-order valence-corrected chi connectivity index (χ4v) is 5.37. The number of fused-ring (bicyclic) bond motifs is 1. The van der Waals surface area contributed by atoms with Gasteiger partial charge in [-0.1, -0.05) is 18.3 Å². The summed E-state index contributed by atoms with van der Waals surface area (Å²) >= 11 is 1.46. The van der Waals surface area contributed by atoms with Crippen molar-refractivity contribution in [1.29, 1.82) is 0 Å². The van der Waals surface area contributed by atoms with E-state index in [2.05, 4.69) is 28.8 Å². The maximum Gasteiger partial charge on any atom is 0.275 e. The van der Waals surface area contributed by atoms with Crippen molar-refractivity contribution in [2.75, 3.05) is 13.1 Å². The van der Waals surface area contributed by atoms with Crippen LogP contribution < -0.4 is 5.56 Å². The average Bonchev–Trinajstić information content (AvgIpc) is 3.22. The zero-order valence-corrected chi connectivity index (χ0v) is 17.1. The first-order chi connectivity index (χ1) is 12.9. The van der Waals surface area contributed by atoms with Crippen LogP contribution in [-0.2, 0) is 17.8 Å². The molecule has 0 bridgehead atoms. The van der Waals surface area contributed by atoms with E-state index in [9.17, 15) is 9.59 Å². The van der Waals surface area contributed by atoms with Crippen LogP contribution in [0.4, 0.5) is 0 Å². The number of hydrogen-bond donors (Lipinski definition) is 0. The van der Waals surface area contributed by atoms with Crippen molar-refractivity contribution in [2.45, 2.75) is 71.0 Å². The molecule has 0 aliphatic carbocycles. The van der Waals surface area contributed by atoms with E-state index in [0.29, 0.717) is 11.5 Å². The lowest BCUT2D eigenvalue weighted by Crippen LogP contribution is -2.61. The van der Waals surface area contributed by atoms with E-state index in [4.69, 9.17) is 0 Å². The van der Waals surface area contributed by atoms with Crippen LogP contribution in [0.5, 0.6) is 0 Å². The van der Waals surface area contributed by atoms with Crippen LogP contribution in [0.25, 0.3) is 4.96 Å². The summed E-state index contributed by atoms with van der Waals surface area (Å²) in [6.45, 7) is 8.46. The molecule has 1 atom stereocenters. The van der Waals surface area contributed by atoms with E-state index >= 15 is 0 Å². The lowest BCUT2D eigenvalue weighted by atomic mass is 9.84. The summed E-state index contributed by atoms with van der Waals surface area (Å²) in [5.74, 6) is 0.255. The Morgan fingerprint density at radius 1 is 1.22 bits per heavy atom. The average molecular weight is 390 g/mol. The molecule has 1 amide bonds. The third kappa shape index (κ3) is 3.08. The quantitative estimate of drug-likeness (QED) is 0.801. The first-order valence-electron chi connectivity index (χ1n) is 9.89. The Balaban J connectivity index is 1.64. The molecular formula is C19H27N5O2S. The monoisotopic (exact) mass is 389 g/mol. The highest BCUT2D eigenvalue weighted by atomic mass is 32.1. The number of nitrogens with zero attached hydrogens (tertiary/aromatic N) is 5. The van der Waals surface area contributed by atoms with Crippen LogP contribution in [0.15, 0.2) is 10.9 Å². The normalized spacial score (nSPS) is 24.0. The van der Waals surface area contributed by atoms with Gasteiger partial charge in [-0.2, -0.15) is 9.61 Å². The van der Waals surface area contributed by atoms with Gasteiger partial charge >= 0.3 is 0 Å². The van der Waals surface area contributed by atoms with Crippen molar-refractivity contribution in [3.05, 3.63) is 27.1 Å². The number of carbonyl (C=O) groups is 1. The fourth-order valence-electron chi connectivity index (χ4n) is 4.52. The van der Waals surface area contributed by atoms with Crippen molar-refractivity contribution in [2.24, 2.45) is 0 Å². The van der Waals surface area contributed by atoms with Crippen LogP contribution in [0, 0.1) is 0 Å². The molecule has 2 fully saturated rings. The molecule has 0 aromatic carbocycles. The Bertz CT molecular complexity index is 920. The molecule has 2 aromatic rings. The van der Waals surface area contributed by atoms with Crippen LogP contribution in [0.2, 0.25) is 0 Å². The molecule has 0 N–H and O–H groups in total. The molecule has 4 rings (SSSR count). The maximum absolute atomic E-state index is 13.3. The van der Waals surface area contributed by atoms with Gasteiger partial charge in [0.25, 0.3) is 5.56 Å². The second-order valence-electron chi connectivity index (χ2n) is 7.88. The van der Waals surface area contributed by atoms with Gasteiger partial charge in [-0.05, 0) is 52.5 Å². The standard InChI is InChI=1S/C19H27N5O2S/c1-4-15-21-24-16(25)11-14(20-18(24)27-15)12-22-9-5-7-19(22)8-6-10-23(13(2)3)17(19)26/h11,13H,4-10,12H2,1-3H3. The maximum atomic E-state index is 13.3. The zero-order valence-electron chi connectivity index (χ0n) is 16.3. The summed E-state index contributed by atoms with van der Waals surface area (Å²) in [5, 5.41) is 5.22. The number of carbonyl (C=O) groups excluding carboxylic acids is 1. The summed E-state index contributed by atoms with van der Waals surface area (Å²) in [7, 11) is 0. The second-order valence-corrected chi connectivity index (χ2v) is 8.92. The van der Waals surface area contributed by atoms with Crippen molar-refractivity contribution in [3.63, 3.8) is 0 Å². The first-order valence-corrected chi connectivity index (χ1v) is 10.7. The number of likely N-dealkylation sites (tertiary alicyclic amines) is 2. The van der Waals surface area contributed by atoms with Gasteiger partial charge in [-0.25, -0.2) is 4.98 Å². The van der Waals surface area contributed by atoms with Crippen molar-refractivity contribution in [3.8, 4) is 0 Å². The van der Waals surface area contributed by atoms with Gasteiger partial charge in [0.2, 0.25) is 10.9 Å². The molecule has 7 nitrogen and oxygen atoms in total. The van der Waals surface area contributed by atoms with E-state index in [1.165, 1.54) is 15.9 Å². The predicted molar refractivity (Wildman–Crippen MR) is 105 cm³/mol. The molecule has 1 spiro atoms. The molecular weight excluding hydrogens is 362 g/mol. The Morgan fingerprint density at radius 3 is 2.67 bits per heavy atom. The third-order valence-corrected chi connectivity index (χ3v) is 6.94. The lowest BCUT2D eigenvalue weighted by molar-refractivity contribution is -0.149. The van der Waals surface area contributed by atoms with E-state index < -0.39 is 5.54 Å². The molecule has 8 heteroatoms. The first kappa shape index (κ1) is 18.6. The molecule has 2 aromatic heterocycles. The highest BCUT2D eigenvalue weighted by molar-refractivity contribution is 7.16. The third-order valence-electron chi connectivity index (χ3n) is 5.89. The Hall–Kier alpha value is -1.80. The molecule has 27 heavy (non-hydrogen) atoms. The van der Waals surface area contributed by atoms with Gasteiger partial charge in [-0.3, -0.25) is 14.5 Å². The van der Waals surface area contributed by atoms with Crippen molar-refractivity contribution < 1.29 is 4.79 Å². The van der Waals surface area contributed by atoms with Gasteiger partial charge in [0, 0.05) is 25.2 Å². The van der Waals surface area contributed by atoms with Crippen LogP contribution in [0.1, 0.15) is 57.2 Å². The minimum Gasteiger partial charge on any atom is -0.339 e. The number of amides is 1. The van der Waals surface area contributed by atoms with Crippen molar-refractivity contribution >= 4 is 22.2 Å². The fraction of sp³-hybridized carbons (Fsp3) is 0.684. The summed E-state index contributed by atoms with van der Waals surface area (Å²) < 4.78 is 1.39. The van der Waals surface area contributed by atoms with Crippen LogP contribution in [0.3, 0.4) is 0 Å². The molecule has 2 saturated heterocycles. The Kier molecular flexibility index (Phi) is 4.80. The van der Waals surface area contributed by atoms with Gasteiger partial charge in [0.1, 0.15) is 10.5 Å². The SMILES string of the molecule is CCc1nn2c(=O)cc(CN3CCCC34CCCN(C(C)C)C4=O)nc2s1. The topological polar surface area (TPSA) is 70.8 Å². The summed E-state index contributed by atoms with van der Waals surface area (Å²) in [6, 6.07) is 1.80. The Labute approximate surface area is 163 Å². The molecule has 0 saturated carbocycles. The highest BCUT2D eigenvalue weighted by Crippen LogP contribution is 2.39. The van der Waals surface area contributed by atoms with E-state index in [0.717, 1.165) is 55.9 Å². The van der Waals surface area contributed by atoms with E-state index in [1.807, 2.05) is 11.8 Å². The van der Waals surface area contributed by atoms with Gasteiger partial charge in [-0.15, -0.1) is 0 Å². The number of aryl methyl sites for hydroxylation is 1. The zero-order chi connectivity index (χ0) is 19.2. The molecule has 0 radical (unpaired) electrons. The predicted octanol–water partition coefficient (Wildman–Crippen LogP) is 2.08. The lowest BCUT2D eigenvalue weighted by Gasteiger charge is -2.46.